The van der Waals surface area contributed by atoms with Gasteiger partial charge in [-0.25, -0.2) is 0 Å². The predicted molar refractivity (Wildman–Crippen MR) is 172 cm³/mol. The van der Waals surface area contributed by atoms with Crippen LogP contribution in [0.4, 0.5) is 0 Å². The van der Waals surface area contributed by atoms with Crippen LogP contribution in [0.25, 0.3) is 0 Å². The van der Waals surface area contributed by atoms with Crippen molar-refractivity contribution >= 4 is 12.4 Å². The molecule has 0 amide bonds. The van der Waals surface area contributed by atoms with Gasteiger partial charge in [-0.05, 0) is 85.5 Å². The van der Waals surface area contributed by atoms with Gasteiger partial charge in [0.05, 0.1) is 12.1 Å². The smallest absolute Gasteiger partial charge is 0.128 e. The van der Waals surface area contributed by atoms with Gasteiger partial charge in [0.1, 0.15) is 11.5 Å². The summed E-state index contributed by atoms with van der Waals surface area (Å²) in [4.78, 5) is 9.86. The van der Waals surface area contributed by atoms with E-state index in [1.54, 1.807) is 0 Å². The van der Waals surface area contributed by atoms with Crippen LogP contribution in [0.3, 0.4) is 0 Å². The van der Waals surface area contributed by atoms with Crippen LogP contribution in [-0.4, -0.2) is 34.7 Å². The zero-order valence-electron chi connectivity index (χ0n) is 26.5. The molecule has 1 aliphatic rings. The van der Waals surface area contributed by atoms with Gasteiger partial charge >= 0.3 is 0 Å². The molecule has 4 nitrogen and oxygen atoms in total. The maximum atomic E-state index is 11.1. The Morgan fingerprint density at radius 3 is 1.30 bits per heavy atom. The van der Waals surface area contributed by atoms with Crippen molar-refractivity contribution in [1.29, 1.82) is 0 Å². The van der Waals surface area contributed by atoms with E-state index >= 15 is 0 Å². The molecule has 2 N–H and O–H groups in total. The maximum absolute atomic E-state index is 11.1. The molecule has 220 valence electrons. The van der Waals surface area contributed by atoms with Crippen molar-refractivity contribution in [2.75, 3.05) is 0 Å². The molecule has 40 heavy (non-hydrogen) atoms. The molecular formula is C36H54N2O2. The summed E-state index contributed by atoms with van der Waals surface area (Å²) in [5, 5.41) is 22.1. The van der Waals surface area contributed by atoms with Crippen LogP contribution in [0.15, 0.2) is 34.3 Å². The van der Waals surface area contributed by atoms with Crippen molar-refractivity contribution in [2.45, 2.75) is 143 Å². The average Bonchev–Trinajstić information content (AvgIpc) is 2.89. The lowest BCUT2D eigenvalue weighted by atomic mass is 9.83. The standard InChI is InChI=1S/C36H54N2O2/c1-9-11-13-25-19-27(33(39)31(21-25)35(3,4)5)23-37-29-15-17-30(18-16-29)38-24-28-20-26(14-12-10-2)22-32(34(28)40)36(6,7)8/h19-24,29-30,39-40H,9-18H2,1-8H3. The zero-order chi connectivity index (χ0) is 29.5. The fourth-order valence-electron chi connectivity index (χ4n) is 5.56. The molecule has 0 saturated heterocycles. The van der Waals surface area contributed by atoms with Gasteiger partial charge in [0.25, 0.3) is 0 Å². The number of hydrogen-bond acceptors (Lipinski definition) is 4. The number of rotatable bonds is 10. The van der Waals surface area contributed by atoms with E-state index in [9.17, 15) is 10.2 Å². The van der Waals surface area contributed by atoms with Crippen LogP contribution in [0.2, 0.25) is 0 Å². The molecule has 2 aromatic carbocycles. The molecular weight excluding hydrogens is 492 g/mol. The van der Waals surface area contributed by atoms with Gasteiger partial charge in [-0.2, -0.15) is 0 Å². The topological polar surface area (TPSA) is 65.2 Å². The van der Waals surface area contributed by atoms with E-state index in [-0.39, 0.29) is 22.9 Å². The summed E-state index contributed by atoms with van der Waals surface area (Å²) >= 11 is 0. The molecule has 0 radical (unpaired) electrons. The average molecular weight is 547 g/mol. The van der Waals surface area contributed by atoms with Gasteiger partial charge in [-0.3, -0.25) is 9.98 Å². The summed E-state index contributed by atoms with van der Waals surface area (Å²) in [6.07, 6.45) is 14.4. The molecule has 0 unspecified atom stereocenters. The molecule has 0 heterocycles. The fraction of sp³-hybridized carbons (Fsp3) is 0.611. The van der Waals surface area contributed by atoms with Crippen molar-refractivity contribution < 1.29 is 10.2 Å². The summed E-state index contributed by atoms with van der Waals surface area (Å²) in [5.74, 6) is 0.732. The van der Waals surface area contributed by atoms with Crippen LogP contribution in [0.1, 0.15) is 140 Å². The SMILES string of the molecule is CCCCc1cc(C=NC2CCC(N=Cc3cc(CCCC)cc(C(C)(C)C)c3O)CC2)c(O)c(C(C)(C)C)c1. The minimum atomic E-state index is -0.122. The highest BCUT2D eigenvalue weighted by Crippen LogP contribution is 2.36. The van der Waals surface area contributed by atoms with E-state index in [0.717, 1.165) is 86.5 Å². The molecule has 2 aromatic rings. The quantitative estimate of drug-likeness (QED) is 0.292. The van der Waals surface area contributed by atoms with Crippen LogP contribution < -0.4 is 0 Å². The van der Waals surface area contributed by atoms with Gasteiger partial charge in [-0.1, -0.05) is 80.4 Å². The molecule has 0 aliphatic heterocycles. The summed E-state index contributed by atoms with van der Waals surface area (Å²) in [6, 6.07) is 9.09. The van der Waals surface area contributed by atoms with Gasteiger partial charge in [0.15, 0.2) is 0 Å². The van der Waals surface area contributed by atoms with Crippen LogP contribution in [-0.2, 0) is 23.7 Å². The second kappa shape index (κ2) is 13.8. The van der Waals surface area contributed by atoms with Crippen LogP contribution in [0, 0.1) is 0 Å². The van der Waals surface area contributed by atoms with E-state index in [1.807, 2.05) is 12.4 Å². The number of aliphatic imine (C=N–C) groups is 2. The van der Waals surface area contributed by atoms with Gasteiger partial charge < -0.3 is 10.2 Å². The number of phenols is 2. The third-order valence-corrected chi connectivity index (χ3v) is 8.17. The normalized spacial score (nSPS) is 18.7. The second-order valence-electron chi connectivity index (χ2n) is 13.9. The molecule has 0 aromatic heterocycles. The molecule has 3 rings (SSSR count). The Morgan fingerprint density at radius 2 is 1.00 bits per heavy atom. The first-order valence-corrected chi connectivity index (χ1v) is 15.6. The third kappa shape index (κ3) is 8.69. The monoisotopic (exact) mass is 546 g/mol. The summed E-state index contributed by atoms with van der Waals surface area (Å²) < 4.78 is 0. The van der Waals surface area contributed by atoms with Gasteiger partial charge in [0.2, 0.25) is 0 Å². The maximum Gasteiger partial charge on any atom is 0.128 e. The molecule has 0 spiro atoms. The first kappa shape index (κ1) is 31.9. The number of nitrogens with zero attached hydrogens (tertiary/aromatic N) is 2. The Hall–Kier alpha value is -2.62. The highest BCUT2D eigenvalue weighted by atomic mass is 16.3. The lowest BCUT2D eigenvalue weighted by Gasteiger charge is -2.25. The molecule has 1 saturated carbocycles. The van der Waals surface area contributed by atoms with Crippen molar-refractivity contribution in [3.05, 3.63) is 57.6 Å². The summed E-state index contributed by atoms with van der Waals surface area (Å²) in [6.45, 7) is 17.3. The Kier molecular flexibility index (Phi) is 11.0. The minimum Gasteiger partial charge on any atom is -0.507 e. The van der Waals surface area contributed by atoms with Gasteiger partial charge in [0, 0.05) is 34.7 Å². The Balaban J connectivity index is 1.71. The number of phenolic OH excluding ortho intramolecular Hbond substituents is 2. The van der Waals surface area contributed by atoms with Crippen molar-refractivity contribution in [1.82, 2.24) is 0 Å². The number of hydrogen-bond donors (Lipinski definition) is 2. The lowest BCUT2D eigenvalue weighted by molar-refractivity contribution is 0.399. The predicted octanol–water partition coefficient (Wildman–Crippen LogP) is 9.23. The van der Waals surface area contributed by atoms with Gasteiger partial charge in [-0.15, -0.1) is 0 Å². The first-order valence-electron chi connectivity index (χ1n) is 15.6. The molecule has 1 aliphatic carbocycles. The van der Waals surface area contributed by atoms with E-state index < -0.39 is 0 Å². The van der Waals surface area contributed by atoms with Crippen LogP contribution >= 0.6 is 0 Å². The molecule has 4 heteroatoms. The lowest BCUT2D eigenvalue weighted by Crippen LogP contribution is -2.20. The highest BCUT2D eigenvalue weighted by molar-refractivity contribution is 5.85. The first-order chi connectivity index (χ1) is 18.8. The van der Waals surface area contributed by atoms with E-state index in [4.69, 9.17) is 9.98 Å². The van der Waals surface area contributed by atoms with E-state index in [2.05, 4.69) is 79.7 Å². The largest absolute Gasteiger partial charge is 0.507 e. The van der Waals surface area contributed by atoms with Crippen molar-refractivity contribution in [2.24, 2.45) is 9.98 Å². The molecule has 1 fully saturated rings. The van der Waals surface area contributed by atoms with E-state index in [0.29, 0.717) is 11.5 Å². The molecule has 0 atom stereocenters. The third-order valence-electron chi connectivity index (χ3n) is 8.17. The van der Waals surface area contributed by atoms with Crippen molar-refractivity contribution in [3.8, 4) is 11.5 Å². The molecule has 0 bridgehead atoms. The number of unbranched alkanes of at least 4 members (excludes halogenated alkanes) is 2. The fourth-order valence-corrected chi connectivity index (χ4v) is 5.56. The number of benzene rings is 2. The Labute approximate surface area is 244 Å². The van der Waals surface area contributed by atoms with Crippen molar-refractivity contribution in [3.63, 3.8) is 0 Å². The summed E-state index contributed by atoms with van der Waals surface area (Å²) in [7, 11) is 0. The number of aryl methyl sites for hydroxylation is 2. The Bertz CT molecular complexity index is 1080. The summed E-state index contributed by atoms with van der Waals surface area (Å²) in [5.41, 5.74) is 5.99. The van der Waals surface area contributed by atoms with E-state index in [1.165, 1.54) is 11.1 Å². The highest BCUT2D eigenvalue weighted by Gasteiger charge is 2.24. The zero-order valence-corrected chi connectivity index (χ0v) is 26.5. The Morgan fingerprint density at radius 1 is 0.650 bits per heavy atom. The number of aromatic hydroxyl groups is 2. The van der Waals surface area contributed by atoms with Crippen LogP contribution in [0.5, 0.6) is 11.5 Å². The second-order valence-corrected chi connectivity index (χ2v) is 13.9. The minimum absolute atomic E-state index is 0.122.